The summed E-state index contributed by atoms with van der Waals surface area (Å²) >= 11 is 5.61. The Bertz CT molecular complexity index is 487. The van der Waals surface area contributed by atoms with Crippen molar-refractivity contribution in [3.63, 3.8) is 0 Å². The van der Waals surface area contributed by atoms with Crippen LogP contribution in [0.25, 0.3) is 0 Å². The summed E-state index contributed by atoms with van der Waals surface area (Å²) < 4.78 is 1.92. The molecule has 0 aliphatic carbocycles. The van der Waals surface area contributed by atoms with Crippen LogP contribution in [0, 0.1) is 9.49 Å². The van der Waals surface area contributed by atoms with Gasteiger partial charge in [0.1, 0.15) is 0 Å². The van der Waals surface area contributed by atoms with Gasteiger partial charge in [-0.1, -0.05) is 22.9 Å². The van der Waals surface area contributed by atoms with Gasteiger partial charge in [-0.25, -0.2) is 0 Å². The van der Waals surface area contributed by atoms with E-state index in [1.807, 2.05) is 18.2 Å². The molecule has 1 aromatic carbocycles. The van der Waals surface area contributed by atoms with Gasteiger partial charge >= 0.3 is 0 Å². The van der Waals surface area contributed by atoms with Crippen molar-refractivity contribution in [1.82, 2.24) is 10.2 Å². The molecule has 2 rings (SSSR count). The first-order chi connectivity index (χ1) is 10.1. The van der Waals surface area contributed by atoms with Crippen LogP contribution >= 0.6 is 38.5 Å². The van der Waals surface area contributed by atoms with Crippen LogP contribution in [0.15, 0.2) is 22.7 Å². The highest BCUT2D eigenvalue weighted by Crippen LogP contribution is 2.18. The number of hydrogen-bond donors (Lipinski definition) is 1. The Kier molecular flexibility index (Phi) is 6.95. The average Bonchev–Trinajstić information content (AvgIpc) is 2.47. The number of rotatable bonds is 5. The molecule has 0 radical (unpaired) electrons. The molecule has 0 atom stereocenters. The first-order valence-corrected chi connectivity index (χ1v) is 9.39. The molecule has 21 heavy (non-hydrogen) atoms. The number of halogens is 2. The Hall–Kier alpha value is -0.140. The van der Waals surface area contributed by atoms with E-state index in [2.05, 4.69) is 55.7 Å². The lowest BCUT2D eigenvalue weighted by molar-refractivity contribution is 0.0949. The van der Waals surface area contributed by atoms with Gasteiger partial charge in [0.05, 0.1) is 5.56 Å². The van der Waals surface area contributed by atoms with Crippen molar-refractivity contribution in [3.8, 4) is 0 Å². The molecule has 1 fully saturated rings. The maximum absolute atomic E-state index is 12.2. The van der Waals surface area contributed by atoms with E-state index in [1.54, 1.807) is 0 Å². The third kappa shape index (κ3) is 5.53. The minimum Gasteiger partial charge on any atom is -0.352 e. The second-order valence-electron chi connectivity index (χ2n) is 5.76. The van der Waals surface area contributed by atoms with E-state index in [4.69, 9.17) is 0 Å². The van der Waals surface area contributed by atoms with Crippen LogP contribution in [0.1, 0.15) is 36.5 Å². The average molecular weight is 465 g/mol. The molecular formula is C16H22BrIN2O. The maximum Gasteiger partial charge on any atom is 0.252 e. The van der Waals surface area contributed by atoms with Crippen LogP contribution in [0.5, 0.6) is 0 Å². The minimum absolute atomic E-state index is 0.0213. The summed E-state index contributed by atoms with van der Waals surface area (Å²) in [5.74, 6) is 0.896. The van der Waals surface area contributed by atoms with Crippen LogP contribution in [0.2, 0.25) is 0 Å². The maximum atomic E-state index is 12.2. The normalized spacial score (nSPS) is 16.9. The lowest BCUT2D eigenvalue weighted by Crippen LogP contribution is -2.35. The Morgan fingerprint density at radius 1 is 1.43 bits per heavy atom. The fourth-order valence-corrected chi connectivity index (χ4v) is 3.50. The van der Waals surface area contributed by atoms with Gasteiger partial charge in [-0.3, -0.25) is 4.79 Å². The number of piperidine rings is 1. The highest BCUT2D eigenvalue weighted by atomic mass is 127. The zero-order valence-electron chi connectivity index (χ0n) is 12.4. The Labute approximate surface area is 149 Å². The molecule has 0 saturated carbocycles. The topological polar surface area (TPSA) is 32.3 Å². The van der Waals surface area contributed by atoms with Crippen molar-refractivity contribution in [2.45, 2.75) is 26.2 Å². The van der Waals surface area contributed by atoms with Crippen LogP contribution in [-0.4, -0.2) is 37.0 Å². The predicted molar refractivity (Wildman–Crippen MR) is 98.6 cm³/mol. The first-order valence-electron chi connectivity index (χ1n) is 7.52. The fraction of sp³-hybridized carbons (Fsp3) is 0.562. The standard InChI is InChI=1S/C16H22BrIN2O/c1-12-5-9-20(10-6-12)8-2-7-19-16(21)14-11-13(17)3-4-15(14)18/h3-4,11-12H,2,5-10H2,1H3,(H,19,21). The highest BCUT2D eigenvalue weighted by Gasteiger charge is 2.15. The molecule has 0 spiro atoms. The van der Waals surface area contributed by atoms with Gasteiger partial charge in [-0.15, -0.1) is 0 Å². The van der Waals surface area contributed by atoms with Gasteiger partial charge in [-0.05, 0) is 85.6 Å². The van der Waals surface area contributed by atoms with E-state index < -0.39 is 0 Å². The number of carbonyl (C=O) groups is 1. The van der Waals surface area contributed by atoms with Gasteiger partial charge in [0.15, 0.2) is 0 Å². The number of benzene rings is 1. The van der Waals surface area contributed by atoms with E-state index in [0.29, 0.717) is 0 Å². The van der Waals surface area contributed by atoms with E-state index in [-0.39, 0.29) is 5.91 Å². The smallest absolute Gasteiger partial charge is 0.252 e. The number of likely N-dealkylation sites (tertiary alicyclic amines) is 1. The fourth-order valence-electron chi connectivity index (χ4n) is 2.56. The summed E-state index contributed by atoms with van der Waals surface area (Å²) in [5, 5.41) is 3.02. The van der Waals surface area contributed by atoms with Crippen molar-refractivity contribution < 1.29 is 4.79 Å². The molecule has 1 heterocycles. The zero-order chi connectivity index (χ0) is 15.2. The molecule has 116 valence electrons. The van der Waals surface area contributed by atoms with Gasteiger partial charge in [0, 0.05) is 14.6 Å². The summed E-state index contributed by atoms with van der Waals surface area (Å²) in [4.78, 5) is 14.7. The minimum atomic E-state index is 0.0213. The third-order valence-corrected chi connectivity index (χ3v) is 5.42. The molecule has 0 bridgehead atoms. The van der Waals surface area contributed by atoms with Gasteiger partial charge in [0.2, 0.25) is 0 Å². The highest BCUT2D eigenvalue weighted by molar-refractivity contribution is 14.1. The van der Waals surface area contributed by atoms with Crippen LogP contribution in [0.3, 0.4) is 0 Å². The van der Waals surface area contributed by atoms with E-state index in [0.717, 1.165) is 39.0 Å². The molecule has 0 unspecified atom stereocenters. The summed E-state index contributed by atoms with van der Waals surface area (Å²) in [7, 11) is 0. The van der Waals surface area contributed by atoms with Crippen molar-refractivity contribution in [2.75, 3.05) is 26.2 Å². The predicted octanol–water partition coefficient (Wildman–Crippen LogP) is 3.91. The third-order valence-electron chi connectivity index (χ3n) is 3.99. The Morgan fingerprint density at radius 3 is 2.86 bits per heavy atom. The number of amides is 1. The van der Waals surface area contributed by atoms with Crippen molar-refractivity contribution in [1.29, 1.82) is 0 Å². The van der Waals surface area contributed by atoms with Crippen LogP contribution in [-0.2, 0) is 0 Å². The Balaban J connectivity index is 1.71. The SMILES string of the molecule is CC1CCN(CCCNC(=O)c2cc(Br)ccc2I)CC1. The van der Waals surface area contributed by atoms with Gasteiger partial charge in [-0.2, -0.15) is 0 Å². The first kappa shape index (κ1) is 17.2. The molecule has 1 amide bonds. The molecule has 1 aromatic rings. The zero-order valence-corrected chi connectivity index (χ0v) is 16.1. The van der Waals surface area contributed by atoms with Crippen molar-refractivity contribution in [2.24, 2.45) is 5.92 Å². The lowest BCUT2D eigenvalue weighted by atomic mass is 9.99. The number of nitrogens with zero attached hydrogens (tertiary/aromatic N) is 1. The van der Waals surface area contributed by atoms with Crippen LogP contribution < -0.4 is 5.32 Å². The Morgan fingerprint density at radius 2 is 2.14 bits per heavy atom. The van der Waals surface area contributed by atoms with Gasteiger partial charge in [0.25, 0.3) is 5.91 Å². The largest absolute Gasteiger partial charge is 0.352 e. The second kappa shape index (κ2) is 8.48. The number of carbonyl (C=O) groups excluding carboxylic acids is 1. The second-order valence-corrected chi connectivity index (χ2v) is 7.84. The quantitative estimate of drug-likeness (QED) is 0.529. The van der Waals surface area contributed by atoms with Gasteiger partial charge < -0.3 is 10.2 Å². The molecule has 0 aromatic heterocycles. The summed E-state index contributed by atoms with van der Waals surface area (Å²) in [6.07, 6.45) is 3.63. The molecule has 5 heteroatoms. The van der Waals surface area contributed by atoms with E-state index in [1.165, 1.54) is 25.9 Å². The molecule has 1 saturated heterocycles. The molecule has 1 aliphatic heterocycles. The van der Waals surface area contributed by atoms with E-state index in [9.17, 15) is 4.79 Å². The molecule has 1 aliphatic rings. The van der Waals surface area contributed by atoms with Crippen molar-refractivity contribution in [3.05, 3.63) is 31.8 Å². The monoisotopic (exact) mass is 464 g/mol. The summed E-state index contributed by atoms with van der Waals surface area (Å²) in [6, 6.07) is 5.79. The molecule has 3 nitrogen and oxygen atoms in total. The molecular weight excluding hydrogens is 443 g/mol. The van der Waals surface area contributed by atoms with Crippen molar-refractivity contribution >= 4 is 44.4 Å². The number of nitrogens with one attached hydrogen (secondary N) is 1. The van der Waals surface area contributed by atoms with Crippen LogP contribution in [0.4, 0.5) is 0 Å². The summed E-state index contributed by atoms with van der Waals surface area (Å²) in [6.45, 7) is 6.57. The number of hydrogen-bond acceptors (Lipinski definition) is 2. The summed E-state index contributed by atoms with van der Waals surface area (Å²) in [5.41, 5.74) is 0.747. The molecule has 1 N–H and O–H groups in total. The van der Waals surface area contributed by atoms with E-state index >= 15 is 0 Å². The lowest BCUT2D eigenvalue weighted by Gasteiger charge is -2.30.